The van der Waals surface area contributed by atoms with Crippen molar-refractivity contribution in [2.24, 2.45) is 0 Å². The summed E-state index contributed by atoms with van der Waals surface area (Å²) in [4.78, 5) is 47.4. The standard InChI is InChI=1S/C22H19ClN8O.C2HF3O2/c1-11-7-14(8-24-19(11)23)16-17(30-15-6-4-5-12(2)31(15)22(16)32)13(3)29-21-18-20(26-9-25-18)27-10-28-21;3-2(4,5)1(6)7/h4-10,13H,1-3H3,(H2,25,26,27,28,29);(H,6,7). The summed E-state index contributed by atoms with van der Waals surface area (Å²) in [5, 5.41) is 10.9. The van der Waals surface area contributed by atoms with Crippen molar-refractivity contribution in [3.05, 3.63) is 75.6 Å². The van der Waals surface area contributed by atoms with E-state index in [0.29, 0.717) is 44.6 Å². The number of fused-ring (bicyclic) bond motifs is 2. The van der Waals surface area contributed by atoms with Gasteiger partial charge < -0.3 is 15.4 Å². The maximum absolute atomic E-state index is 13.7. The number of aryl methyl sites for hydroxylation is 2. The number of carboxylic acids is 1. The van der Waals surface area contributed by atoms with Gasteiger partial charge in [-0.25, -0.2) is 29.7 Å². The predicted octanol–water partition coefficient (Wildman–Crippen LogP) is 4.50. The Balaban J connectivity index is 0.000000448. The van der Waals surface area contributed by atoms with Crippen LogP contribution < -0.4 is 10.9 Å². The molecule has 0 spiro atoms. The van der Waals surface area contributed by atoms with Gasteiger partial charge in [0.15, 0.2) is 11.5 Å². The maximum atomic E-state index is 13.7. The molecule has 15 heteroatoms. The number of carboxylic acid groups (broad SMARTS) is 1. The highest BCUT2D eigenvalue weighted by Crippen LogP contribution is 2.29. The van der Waals surface area contributed by atoms with Crippen LogP contribution in [0, 0.1) is 13.8 Å². The molecule has 0 aliphatic heterocycles. The minimum absolute atomic E-state index is 0.173. The molecule has 0 saturated heterocycles. The van der Waals surface area contributed by atoms with Gasteiger partial charge in [0.05, 0.1) is 23.6 Å². The number of pyridine rings is 2. The van der Waals surface area contributed by atoms with E-state index in [1.54, 1.807) is 16.9 Å². The van der Waals surface area contributed by atoms with Crippen molar-refractivity contribution in [1.29, 1.82) is 0 Å². The summed E-state index contributed by atoms with van der Waals surface area (Å²) in [5.74, 6) is -2.21. The van der Waals surface area contributed by atoms with Crippen LogP contribution in [0.4, 0.5) is 19.0 Å². The van der Waals surface area contributed by atoms with Crippen molar-refractivity contribution in [2.75, 3.05) is 5.32 Å². The summed E-state index contributed by atoms with van der Waals surface area (Å²) >= 11 is 6.14. The monoisotopic (exact) mass is 560 g/mol. The van der Waals surface area contributed by atoms with Crippen molar-refractivity contribution in [3.63, 3.8) is 0 Å². The molecule has 0 aromatic carbocycles. The number of halogens is 4. The molecule has 202 valence electrons. The molecule has 11 nitrogen and oxygen atoms in total. The van der Waals surface area contributed by atoms with Gasteiger partial charge in [-0.3, -0.25) is 9.20 Å². The van der Waals surface area contributed by atoms with Gasteiger partial charge in [0, 0.05) is 17.5 Å². The first-order valence-electron chi connectivity index (χ1n) is 11.2. The molecule has 0 amide bonds. The number of rotatable bonds is 4. The summed E-state index contributed by atoms with van der Waals surface area (Å²) in [6.45, 7) is 5.66. The quantitative estimate of drug-likeness (QED) is 0.270. The molecule has 3 N–H and O–H groups in total. The van der Waals surface area contributed by atoms with Crippen molar-refractivity contribution < 1.29 is 23.1 Å². The molecule has 0 aliphatic carbocycles. The van der Waals surface area contributed by atoms with Crippen LogP contribution in [0.5, 0.6) is 0 Å². The second-order valence-electron chi connectivity index (χ2n) is 8.36. The molecule has 5 aromatic rings. The first kappa shape index (κ1) is 27.4. The molecule has 0 fully saturated rings. The molecule has 1 atom stereocenters. The Morgan fingerprint density at radius 3 is 2.56 bits per heavy atom. The van der Waals surface area contributed by atoms with E-state index in [0.717, 1.165) is 11.3 Å². The largest absolute Gasteiger partial charge is 0.490 e. The van der Waals surface area contributed by atoms with E-state index < -0.39 is 12.1 Å². The maximum Gasteiger partial charge on any atom is 0.490 e. The summed E-state index contributed by atoms with van der Waals surface area (Å²) in [7, 11) is 0. The van der Waals surface area contributed by atoms with Gasteiger partial charge in [-0.1, -0.05) is 17.7 Å². The fourth-order valence-corrected chi connectivity index (χ4v) is 3.88. The summed E-state index contributed by atoms with van der Waals surface area (Å²) in [5.41, 5.74) is 4.87. The lowest BCUT2D eigenvalue weighted by molar-refractivity contribution is -0.192. The third-order valence-electron chi connectivity index (χ3n) is 5.60. The second-order valence-corrected chi connectivity index (χ2v) is 8.72. The van der Waals surface area contributed by atoms with Crippen LogP contribution in [-0.2, 0) is 4.79 Å². The van der Waals surface area contributed by atoms with Gasteiger partial charge in [-0.05, 0) is 44.5 Å². The molecule has 39 heavy (non-hydrogen) atoms. The number of aromatic nitrogens is 7. The first-order chi connectivity index (χ1) is 18.4. The number of nitrogens with zero attached hydrogens (tertiary/aromatic N) is 6. The van der Waals surface area contributed by atoms with Crippen molar-refractivity contribution in [3.8, 4) is 11.1 Å². The molecule has 0 bridgehead atoms. The van der Waals surface area contributed by atoms with E-state index in [9.17, 15) is 18.0 Å². The first-order valence-corrected chi connectivity index (χ1v) is 11.6. The third-order valence-corrected chi connectivity index (χ3v) is 5.99. The summed E-state index contributed by atoms with van der Waals surface area (Å²) in [6.07, 6.45) is -0.466. The summed E-state index contributed by atoms with van der Waals surface area (Å²) < 4.78 is 33.3. The Morgan fingerprint density at radius 2 is 1.90 bits per heavy atom. The van der Waals surface area contributed by atoms with E-state index in [1.165, 1.54) is 6.33 Å². The Kier molecular flexibility index (Phi) is 7.49. The Hall–Kier alpha value is -4.59. The van der Waals surface area contributed by atoms with E-state index in [4.69, 9.17) is 26.5 Å². The normalized spacial score (nSPS) is 12.2. The fourth-order valence-electron chi connectivity index (χ4n) is 3.78. The number of imidazole rings is 1. The van der Waals surface area contributed by atoms with Gasteiger partial charge in [0.25, 0.3) is 5.56 Å². The van der Waals surface area contributed by atoms with Gasteiger partial charge in [0.1, 0.15) is 22.6 Å². The third kappa shape index (κ3) is 5.65. The smallest absolute Gasteiger partial charge is 0.475 e. The van der Waals surface area contributed by atoms with Crippen LogP contribution in [0.2, 0.25) is 5.15 Å². The van der Waals surface area contributed by atoms with Crippen molar-refractivity contribution in [1.82, 2.24) is 34.3 Å². The number of hydrogen-bond acceptors (Lipinski definition) is 8. The average molecular weight is 561 g/mol. The number of carbonyl (C=O) groups is 1. The van der Waals surface area contributed by atoms with Gasteiger partial charge in [-0.15, -0.1) is 0 Å². The molecular formula is C24H20ClF3N8O3. The van der Waals surface area contributed by atoms with E-state index in [-0.39, 0.29) is 11.6 Å². The number of hydrogen-bond donors (Lipinski definition) is 3. The van der Waals surface area contributed by atoms with Gasteiger partial charge >= 0.3 is 12.1 Å². The van der Waals surface area contributed by atoms with E-state index >= 15 is 0 Å². The van der Waals surface area contributed by atoms with Crippen LogP contribution in [-0.4, -0.2) is 51.6 Å². The Bertz CT molecular complexity index is 1750. The molecule has 1 unspecified atom stereocenters. The highest BCUT2D eigenvalue weighted by atomic mass is 35.5. The highest BCUT2D eigenvalue weighted by Gasteiger charge is 2.38. The van der Waals surface area contributed by atoms with Crippen LogP contribution in [0.3, 0.4) is 0 Å². The molecule has 0 saturated carbocycles. The number of nitrogens with one attached hydrogen (secondary N) is 2. The zero-order valence-electron chi connectivity index (χ0n) is 20.6. The zero-order valence-corrected chi connectivity index (χ0v) is 21.3. The minimum atomic E-state index is -5.08. The van der Waals surface area contributed by atoms with Crippen molar-refractivity contribution >= 4 is 40.2 Å². The average Bonchev–Trinajstić information content (AvgIpc) is 3.35. The predicted molar refractivity (Wildman–Crippen MR) is 137 cm³/mol. The van der Waals surface area contributed by atoms with Crippen LogP contribution >= 0.6 is 11.6 Å². The highest BCUT2D eigenvalue weighted by molar-refractivity contribution is 6.30. The van der Waals surface area contributed by atoms with Crippen LogP contribution in [0.25, 0.3) is 27.9 Å². The molecule has 5 rings (SSSR count). The molecule has 5 aromatic heterocycles. The minimum Gasteiger partial charge on any atom is -0.475 e. The zero-order chi connectivity index (χ0) is 28.5. The van der Waals surface area contributed by atoms with E-state index in [1.807, 2.05) is 45.0 Å². The number of anilines is 1. The molecule has 0 aliphatic rings. The molecule has 0 radical (unpaired) electrons. The van der Waals surface area contributed by atoms with Crippen molar-refractivity contribution in [2.45, 2.75) is 33.0 Å². The lowest BCUT2D eigenvalue weighted by Crippen LogP contribution is -2.24. The summed E-state index contributed by atoms with van der Waals surface area (Å²) in [6, 6.07) is 7.06. The Morgan fingerprint density at radius 1 is 1.18 bits per heavy atom. The van der Waals surface area contributed by atoms with Gasteiger partial charge in [0.2, 0.25) is 0 Å². The number of aliphatic carboxylic acids is 1. The lowest BCUT2D eigenvalue weighted by atomic mass is 10.0. The SMILES string of the molecule is Cc1cc(-c2c(C(C)Nc3ncnc4[nH]cnc34)nc3cccc(C)n3c2=O)cnc1Cl.O=C(O)C(F)(F)F. The second kappa shape index (κ2) is 10.6. The topological polar surface area (TPSA) is 151 Å². The van der Waals surface area contributed by atoms with Crippen LogP contribution in [0.1, 0.15) is 29.9 Å². The fraction of sp³-hybridized carbons (Fsp3) is 0.208. The van der Waals surface area contributed by atoms with E-state index in [2.05, 4.69) is 30.2 Å². The molecular weight excluding hydrogens is 541 g/mol. The Labute approximate surface area is 222 Å². The number of H-pyrrole nitrogens is 1. The number of aromatic amines is 1. The van der Waals surface area contributed by atoms with Crippen LogP contribution in [0.15, 0.2) is 47.9 Å². The van der Waals surface area contributed by atoms with Gasteiger partial charge in [-0.2, -0.15) is 13.2 Å². The number of alkyl halides is 3. The lowest BCUT2D eigenvalue weighted by Gasteiger charge is -2.19. The molecule has 5 heterocycles.